The molecule has 24 heavy (non-hydrogen) atoms. The summed E-state index contributed by atoms with van der Waals surface area (Å²) in [5, 5.41) is 3.51. The largest absolute Gasteiger partial charge is 0.490 e. The van der Waals surface area contributed by atoms with Gasteiger partial charge in [0.25, 0.3) is 5.91 Å². The Morgan fingerprint density at radius 1 is 1.21 bits per heavy atom. The molecule has 1 N–H and O–H groups in total. The molecule has 1 amide bonds. The molecule has 0 saturated carbocycles. The third-order valence-corrected chi connectivity index (χ3v) is 4.69. The molecule has 0 fully saturated rings. The second kappa shape index (κ2) is 7.45. The molecule has 3 rings (SSSR count). The minimum atomic E-state index is -0.206. The van der Waals surface area contributed by atoms with Crippen molar-refractivity contribution in [1.29, 1.82) is 0 Å². The number of amides is 1. The van der Waals surface area contributed by atoms with E-state index in [9.17, 15) is 4.79 Å². The number of fused-ring (bicyclic) bond motifs is 1. The maximum atomic E-state index is 12.4. The number of carbonyl (C=O) groups is 1. The Labute approximate surface area is 154 Å². The first-order chi connectivity index (χ1) is 11.5. The fourth-order valence-electron chi connectivity index (χ4n) is 2.52. The molecular formula is C18H17BrClNO3. The van der Waals surface area contributed by atoms with Crippen molar-refractivity contribution >= 4 is 33.4 Å². The highest BCUT2D eigenvalue weighted by Gasteiger charge is 2.19. The van der Waals surface area contributed by atoms with Gasteiger partial charge >= 0.3 is 0 Å². The number of rotatable bonds is 3. The van der Waals surface area contributed by atoms with Crippen LogP contribution < -0.4 is 14.8 Å². The number of benzene rings is 2. The van der Waals surface area contributed by atoms with Gasteiger partial charge in [-0.05, 0) is 42.8 Å². The van der Waals surface area contributed by atoms with E-state index < -0.39 is 0 Å². The van der Waals surface area contributed by atoms with Crippen LogP contribution in [-0.4, -0.2) is 19.1 Å². The predicted molar refractivity (Wildman–Crippen MR) is 97.1 cm³/mol. The van der Waals surface area contributed by atoms with E-state index in [1.54, 1.807) is 24.3 Å². The molecule has 1 heterocycles. The number of hydrogen-bond acceptors (Lipinski definition) is 3. The third-order valence-electron chi connectivity index (χ3n) is 3.77. The molecule has 1 aliphatic heterocycles. The summed E-state index contributed by atoms with van der Waals surface area (Å²) < 4.78 is 12.3. The highest BCUT2D eigenvalue weighted by atomic mass is 79.9. The predicted octanol–water partition coefficient (Wildman–Crippen LogP) is 4.75. The van der Waals surface area contributed by atoms with Crippen LogP contribution in [0.2, 0.25) is 5.02 Å². The van der Waals surface area contributed by atoms with Gasteiger partial charge in [0.1, 0.15) is 0 Å². The van der Waals surface area contributed by atoms with Crippen LogP contribution in [0.4, 0.5) is 0 Å². The maximum Gasteiger partial charge on any atom is 0.251 e. The van der Waals surface area contributed by atoms with Crippen LogP contribution in [0.3, 0.4) is 0 Å². The first kappa shape index (κ1) is 17.1. The van der Waals surface area contributed by atoms with Crippen LogP contribution in [-0.2, 0) is 0 Å². The van der Waals surface area contributed by atoms with Crippen molar-refractivity contribution in [3.63, 3.8) is 0 Å². The molecule has 0 aliphatic carbocycles. The fourth-order valence-corrected chi connectivity index (χ4v) is 3.37. The normalized spacial score (nSPS) is 14.6. The van der Waals surface area contributed by atoms with Gasteiger partial charge in [-0.1, -0.05) is 33.6 Å². The molecule has 0 radical (unpaired) electrons. The second-order valence-electron chi connectivity index (χ2n) is 5.58. The van der Waals surface area contributed by atoms with Gasteiger partial charge in [0.05, 0.1) is 19.3 Å². The molecule has 2 aromatic carbocycles. The van der Waals surface area contributed by atoms with Gasteiger partial charge in [-0.25, -0.2) is 0 Å². The lowest BCUT2D eigenvalue weighted by atomic mass is 10.1. The van der Waals surface area contributed by atoms with E-state index in [1.165, 1.54) is 0 Å². The van der Waals surface area contributed by atoms with Crippen LogP contribution in [0.5, 0.6) is 11.5 Å². The van der Waals surface area contributed by atoms with E-state index in [2.05, 4.69) is 21.2 Å². The molecule has 0 saturated heterocycles. The zero-order chi connectivity index (χ0) is 17.1. The van der Waals surface area contributed by atoms with E-state index in [4.69, 9.17) is 21.1 Å². The average Bonchev–Trinajstić information content (AvgIpc) is 2.78. The van der Waals surface area contributed by atoms with Crippen LogP contribution >= 0.6 is 27.5 Å². The SMILES string of the molecule is CC(NC(=O)c1cccc(Cl)c1)c1cc2c(cc1Br)OCCCO2. The molecule has 4 nitrogen and oxygen atoms in total. The summed E-state index contributed by atoms with van der Waals surface area (Å²) >= 11 is 9.50. The summed E-state index contributed by atoms with van der Waals surface area (Å²) in [4.78, 5) is 12.4. The summed E-state index contributed by atoms with van der Waals surface area (Å²) in [6, 6.07) is 10.5. The van der Waals surface area contributed by atoms with Crippen molar-refractivity contribution in [3.05, 3.63) is 57.0 Å². The van der Waals surface area contributed by atoms with Crippen LogP contribution in [0.1, 0.15) is 35.3 Å². The van der Waals surface area contributed by atoms with E-state index >= 15 is 0 Å². The van der Waals surface area contributed by atoms with Gasteiger partial charge in [-0.3, -0.25) is 4.79 Å². The lowest BCUT2D eigenvalue weighted by Crippen LogP contribution is -2.26. The summed E-state index contributed by atoms with van der Waals surface area (Å²) in [6.45, 7) is 3.18. The number of nitrogens with one attached hydrogen (secondary N) is 1. The van der Waals surface area contributed by atoms with Crippen LogP contribution in [0, 0.1) is 0 Å². The zero-order valence-corrected chi connectivity index (χ0v) is 15.5. The van der Waals surface area contributed by atoms with Crippen molar-refractivity contribution < 1.29 is 14.3 Å². The summed E-state index contributed by atoms with van der Waals surface area (Å²) in [5.74, 6) is 1.25. The minimum Gasteiger partial charge on any atom is -0.490 e. The van der Waals surface area contributed by atoms with E-state index in [0.717, 1.165) is 22.2 Å². The Balaban J connectivity index is 1.81. The molecule has 1 atom stereocenters. The second-order valence-corrected chi connectivity index (χ2v) is 6.87. The number of hydrogen-bond donors (Lipinski definition) is 1. The molecule has 0 spiro atoms. The van der Waals surface area contributed by atoms with Crippen LogP contribution in [0.15, 0.2) is 40.9 Å². The van der Waals surface area contributed by atoms with Crippen molar-refractivity contribution in [2.45, 2.75) is 19.4 Å². The van der Waals surface area contributed by atoms with Crippen molar-refractivity contribution in [2.24, 2.45) is 0 Å². The number of halogens is 2. The lowest BCUT2D eigenvalue weighted by Gasteiger charge is -2.18. The Kier molecular flexibility index (Phi) is 5.31. The van der Waals surface area contributed by atoms with E-state index in [0.29, 0.717) is 29.5 Å². The molecule has 1 unspecified atom stereocenters. The van der Waals surface area contributed by atoms with Gasteiger partial charge in [0.15, 0.2) is 11.5 Å². The Hall–Kier alpha value is -1.72. The standard InChI is InChI=1S/C18H17BrClNO3/c1-11(21-18(22)12-4-2-5-13(20)8-12)14-9-16-17(10-15(14)19)24-7-3-6-23-16/h2,4-5,8-11H,3,6-7H2,1H3,(H,21,22). The van der Waals surface area contributed by atoms with Gasteiger partial charge < -0.3 is 14.8 Å². The molecular weight excluding hydrogens is 394 g/mol. The number of ether oxygens (including phenoxy) is 2. The lowest BCUT2D eigenvalue weighted by molar-refractivity contribution is 0.0939. The monoisotopic (exact) mass is 409 g/mol. The van der Waals surface area contributed by atoms with E-state index in [1.807, 2.05) is 19.1 Å². The smallest absolute Gasteiger partial charge is 0.251 e. The van der Waals surface area contributed by atoms with E-state index in [-0.39, 0.29) is 11.9 Å². The summed E-state index contributed by atoms with van der Waals surface area (Å²) in [5.41, 5.74) is 1.45. The minimum absolute atomic E-state index is 0.177. The Bertz CT molecular complexity index is 766. The maximum absolute atomic E-state index is 12.4. The van der Waals surface area contributed by atoms with Gasteiger partial charge in [0, 0.05) is 21.5 Å². The van der Waals surface area contributed by atoms with Crippen molar-refractivity contribution in [1.82, 2.24) is 5.32 Å². The zero-order valence-electron chi connectivity index (χ0n) is 13.1. The molecule has 2 aromatic rings. The molecule has 1 aliphatic rings. The summed E-state index contributed by atoms with van der Waals surface area (Å²) in [6.07, 6.45) is 0.850. The highest BCUT2D eigenvalue weighted by molar-refractivity contribution is 9.10. The quantitative estimate of drug-likeness (QED) is 0.794. The average molecular weight is 411 g/mol. The Morgan fingerprint density at radius 3 is 2.62 bits per heavy atom. The fraction of sp³-hybridized carbons (Fsp3) is 0.278. The Morgan fingerprint density at radius 2 is 1.92 bits per heavy atom. The van der Waals surface area contributed by atoms with Gasteiger partial charge in [-0.15, -0.1) is 0 Å². The van der Waals surface area contributed by atoms with Crippen LogP contribution in [0.25, 0.3) is 0 Å². The number of carbonyl (C=O) groups excluding carboxylic acids is 1. The van der Waals surface area contributed by atoms with Crippen molar-refractivity contribution in [2.75, 3.05) is 13.2 Å². The molecule has 126 valence electrons. The van der Waals surface area contributed by atoms with Crippen molar-refractivity contribution in [3.8, 4) is 11.5 Å². The molecule has 0 aromatic heterocycles. The highest BCUT2D eigenvalue weighted by Crippen LogP contribution is 2.37. The third kappa shape index (κ3) is 3.84. The first-order valence-corrected chi connectivity index (χ1v) is 8.87. The topological polar surface area (TPSA) is 47.6 Å². The van der Waals surface area contributed by atoms with Gasteiger partial charge in [0.2, 0.25) is 0 Å². The first-order valence-electron chi connectivity index (χ1n) is 7.70. The summed E-state index contributed by atoms with van der Waals surface area (Å²) in [7, 11) is 0. The van der Waals surface area contributed by atoms with Gasteiger partial charge in [-0.2, -0.15) is 0 Å². The molecule has 6 heteroatoms. The molecule has 0 bridgehead atoms.